The predicted octanol–water partition coefficient (Wildman–Crippen LogP) is 4.03. The van der Waals surface area contributed by atoms with Crippen molar-refractivity contribution >= 4 is 15.9 Å². The summed E-state index contributed by atoms with van der Waals surface area (Å²) in [5.41, 5.74) is 7.42. The molecule has 0 amide bonds. The SMILES string of the molecule is CCCCCCC(N)c1c(Br)cnn1CCC. The summed E-state index contributed by atoms with van der Waals surface area (Å²) in [5.74, 6) is 0. The van der Waals surface area contributed by atoms with Gasteiger partial charge in [-0.25, -0.2) is 0 Å². The van der Waals surface area contributed by atoms with Crippen LogP contribution in [0.3, 0.4) is 0 Å². The molecule has 1 unspecified atom stereocenters. The summed E-state index contributed by atoms with van der Waals surface area (Å²) >= 11 is 3.55. The maximum atomic E-state index is 6.26. The second-order valence-corrected chi connectivity index (χ2v) is 5.41. The van der Waals surface area contributed by atoms with Gasteiger partial charge in [0, 0.05) is 12.6 Å². The van der Waals surface area contributed by atoms with Crippen LogP contribution in [0.15, 0.2) is 10.7 Å². The van der Waals surface area contributed by atoms with Gasteiger partial charge in [-0.3, -0.25) is 4.68 Å². The Morgan fingerprint density at radius 2 is 2.06 bits per heavy atom. The number of hydrogen-bond acceptors (Lipinski definition) is 2. The normalized spacial score (nSPS) is 12.9. The summed E-state index contributed by atoms with van der Waals surface area (Å²) < 4.78 is 3.09. The minimum atomic E-state index is 0.107. The Kier molecular flexibility index (Phi) is 6.82. The number of aromatic nitrogens is 2. The molecule has 0 saturated heterocycles. The van der Waals surface area contributed by atoms with Crippen LogP contribution < -0.4 is 5.73 Å². The number of aryl methyl sites for hydroxylation is 1. The van der Waals surface area contributed by atoms with Crippen molar-refractivity contribution in [3.8, 4) is 0 Å². The Morgan fingerprint density at radius 1 is 1.29 bits per heavy atom. The highest BCUT2D eigenvalue weighted by Gasteiger charge is 2.15. The minimum absolute atomic E-state index is 0.107. The number of nitrogens with zero attached hydrogens (tertiary/aromatic N) is 2. The Balaban J connectivity index is 2.54. The fourth-order valence-corrected chi connectivity index (χ4v) is 2.65. The van der Waals surface area contributed by atoms with E-state index in [0.29, 0.717) is 0 Å². The average Bonchev–Trinajstić information content (AvgIpc) is 2.66. The van der Waals surface area contributed by atoms with E-state index < -0.39 is 0 Å². The van der Waals surface area contributed by atoms with Crippen LogP contribution in [0.1, 0.15) is 64.1 Å². The van der Waals surface area contributed by atoms with Crippen LogP contribution in [0.25, 0.3) is 0 Å². The highest BCUT2D eigenvalue weighted by Crippen LogP contribution is 2.25. The minimum Gasteiger partial charge on any atom is -0.323 e. The van der Waals surface area contributed by atoms with Gasteiger partial charge in [0.2, 0.25) is 0 Å². The standard InChI is InChI=1S/C13H24BrN3/c1-3-5-6-7-8-12(15)13-11(14)10-16-17(13)9-4-2/h10,12H,3-9,15H2,1-2H3. The lowest BCUT2D eigenvalue weighted by Crippen LogP contribution is -2.17. The highest BCUT2D eigenvalue weighted by molar-refractivity contribution is 9.10. The lowest BCUT2D eigenvalue weighted by Gasteiger charge is -2.14. The molecular formula is C13H24BrN3. The van der Waals surface area contributed by atoms with Gasteiger partial charge in [0.25, 0.3) is 0 Å². The quantitative estimate of drug-likeness (QED) is 0.737. The van der Waals surface area contributed by atoms with Gasteiger partial charge in [-0.1, -0.05) is 39.5 Å². The molecule has 4 heteroatoms. The van der Waals surface area contributed by atoms with Gasteiger partial charge >= 0.3 is 0 Å². The maximum Gasteiger partial charge on any atom is 0.0693 e. The highest BCUT2D eigenvalue weighted by atomic mass is 79.9. The molecular weight excluding hydrogens is 278 g/mol. The summed E-state index contributed by atoms with van der Waals surface area (Å²) in [6, 6.07) is 0.107. The summed E-state index contributed by atoms with van der Waals surface area (Å²) in [7, 11) is 0. The second kappa shape index (κ2) is 7.88. The predicted molar refractivity (Wildman–Crippen MR) is 75.9 cm³/mol. The summed E-state index contributed by atoms with van der Waals surface area (Å²) in [6.07, 6.45) is 9.06. The molecule has 1 atom stereocenters. The van der Waals surface area contributed by atoms with Gasteiger partial charge in [0.1, 0.15) is 0 Å². The maximum absolute atomic E-state index is 6.26. The molecule has 2 N–H and O–H groups in total. The van der Waals surface area contributed by atoms with E-state index in [9.17, 15) is 0 Å². The van der Waals surface area contributed by atoms with Crippen molar-refractivity contribution in [3.63, 3.8) is 0 Å². The fraction of sp³-hybridized carbons (Fsp3) is 0.769. The molecule has 1 heterocycles. The molecule has 1 aromatic heterocycles. The van der Waals surface area contributed by atoms with E-state index in [-0.39, 0.29) is 6.04 Å². The third-order valence-electron chi connectivity index (χ3n) is 2.99. The smallest absolute Gasteiger partial charge is 0.0693 e. The van der Waals surface area contributed by atoms with Crippen LogP contribution >= 0.6 is 15.9 Å². The van der Waals surface area contributed by atoms with Gasteiger partial charge in [-0.05, 0) is 28.8 Å². The van der Waals surface area contributed by atoms with E-state index in [1.165, 1.54) is 25.7 Å². The number of unbranched alkanes of at least 4 members (excludes halogenated alkanes) is 3. The molecule has 98 valence electrons. The fourth-order valence-electron chi connectivity index (χ4n) is 2.06. The van der Waals surface area contributed by atoms with Crippen LogP contribution in [0, 0.1) is 0 Å². The third-order valence-corrected chi connectivity index (χ3v) is 3.60. The molecule has 17 heavy (non-hydrogen) atoms. The largest absolute Gasteiger partial charge is 0.323 e. The van der Waals surface area contributed by atoms with Crippen molar-refractivity contribution in [3.05, 3.63) is 16.4 Å². The van der Waals surface area contributed by atoms with E-state index in [1.54, 1.807) is 0 Å². The molecule has 0 aliphatic carbocycles. The zero-order valence-corrected chi connectivity index (χ0v) is 12.5. The van der Waals surface area contributed by atoms with Gasteiger partial charge in [0.05, 0.1) is 16.4 Å². The summed E-state index contributed by atoms with van der Waals surface area (Å²) in [5, 5.41) is 4.36. The molecule has 0 bridgehead atoms. The number of rotatable bonds is 8. The van der Waals surface area contributed by atoms with Gasteiger partial charge in [-0.2, -0.15) is 5.10 Å². The van der Waals surface area contributed by atoms with Crippen molar-refractivity contribution in [2.75, 3.05) is 0 Å². The van der Waals surface area contributed by atoms with Crippen LogP contribution in [-0.4, -0.2) is 9.78 Å². The first kappa shape index (κ1) is 14.7. The van der Waals surface area contributed by atoms with Crippen molar-refractivity contribution in [2.45, 2.75) is 65.0 Å². The topological polar surface area (TPSA) is 43.8 Å². The molecule has 0 fully saturated rings. The number of nitrogens with two attached hydrogens (primary N) is 1. The van der Waals surface area contributed by atoms with Crippen LogP contribution in [0.5, 0.6) is 0 Å². The van der Waals surface area contributed by atoms with E-state index >= 15 is 0 Å². The van der Waals surface area contributed by atoms with Gasteiger partial charge in [0.15, 0.2) is 0 Å². The molecule has 0 aliphatic rings. The Hall–Kier alpha value is -0.350. The van der Waals surface area contributed by atoms with Crippen molar-refractivity contribution < 1.29 is 0 Å². The first-order valence-corrected chi connectivity index (χ1v) is 7.46. The van der Waals surface area contributed by atoms with E-state index in [4.69, 9.17) is 5.73 Å². The summed E-state index contributed by atoms with van der Waals surface area (Å²) in [4.78, 5) is 0. The molecule has 1 rings (SSSR count). The van der Waals surface area contributed by atoms with E-state index in [1.807, 2.05) is 10.9 Å². The van der Waals surface area contributed by atoms with E-state index in [0.717, 1.165) is 29.6 Å². The van der Waals surface area contributed by atoms with Gasteiger partial charge < -0.3 is 5.73 Å². The molecule has 0 saturated carbocycles. The molecule has 1 aromatic rings. The Morgan fingerprint density at radius 3 is 2.71 bits per heavy atom. The monoisotopic (exact) mass is 301 g/mol. The van der Waals surface area contributed by atoms with Crippen LogP contribution in [0.4, 0.5) is 0 Å². The van der Waals surface area contributed by atoms with Gasteiger partial charge in [-0.15, -0.1) is 0 Å². The average molecular weight is 302 g/mol. The molecule has 0 radical (unpaired) electrons. The number of hydrogen-bond donors (Lipinski definition) is 1. The third kappa shape index (κ3) is 4.43. The van der Waals surface area contributed by atoms with Crippen molar-refractivity contribution in [2.24, 2.45) is 5.73 Å². The van der Waals surface area contributed by atoms with Crippen molar-refractivity contribution in [1.29, 1.82) is 0 Å². The first-order chi connectivity index (χ1) is 8.20. The second-order valence-electron chi connectivity index (χ2n) is 4.56. The number of halogens is 1. The lowest BCUT2D eigenvalue weighted by molar-refractivity contribution is 0.500. The summed E-state index contributed by atoms with van der Waals surface area (Å²) in [6.45, 7) is 5.34. The molecule has 0 aliphatic heterocycles. The molecule has 0 aromatic carbocycles. The lowest BCUT2D eigenvalue weighted by atomic mass is 10.1. The first-order valence-electron chi connectivity index (χ1n) is 6.67. The van der Waals surface area contributed by atoms with E-state index in [2.05, 4.69) is 34.9 Å². The Bertz CT molecular complexity index is 322. The van der Waals surface area contributed by atoms with Crippen LogP contribution in [-0.2, 0) is 6.54 Å². The van der Waals surface area contributed by atoms with Crippen molar-refractivity contribution in [1.82, 2.24) is 9.78 Å². The molecule has 0 spiro atoms. The zero-order valence-electron chi connectivity index (χ0n) is 11.0. The van der Waals surface area contributed by atoms with Crippen LogP contribution in [0.2, 0.25) is 0 Å². The Labute approximate surface area is 113 Å². The zero-order chi connectivity index (χ0) is 12.7. The molecule has 3 nitrogen and oxygen atoms in total.